The average Bonchev–Trinajstić information content (AvgIpc) is 2.82. The molecular weight excluding hydrogens is 475 g/mol. The van der Waals surface area contributed by atoms with Crippen molar-refractivity contribution in [3.63, 3.8) is 0 Å². The summed E-state index contributed by atoms with van der Waals surface area (Å²) in [5.74, 6) is 0. The molecule has 0 aliphatic rings. The Morgan fingerprint density at radius 2 is 1.45 bits per heavy atom. The summed E-state index contributed by atoms with van der Waals surface area (Å²) in [5, 5.41) is 1.41. The Morgan fingerprint density at radius 1 is 0.818 bits per heavy atom. The normalized spacial score (nSPS) is 11.7. The number of pyridine rings is 1. The van der Waals surface area contributed by atoms with Gasteiger partial charge in [0.2, 0.25) is 0 Å². The van der Waals surface area contributed by atoms with Crippen molar-refractivity contribution in [2.45, 2.75) is 69.6 Å². The van der Waals surface area contributed by atoms with Crippen LogP contribution in [0.1, 0.15) is 64.7 Å². The first-order valence-electron chi connectivity index (χ1n) is 11.8. The molecule has 0 spiro atoms. The van der Waals surface area contributed by atoms with Gasteiger partial charge >= 0.3 is 0 Å². The van der Waals surface area contributed by atoms with Crippen molar-refractivity contribution >= 4 is 49.8 Å². The number of unbranched alkanes of at least 4 members (excludes halogenated alkanes) is 8. The fourth-order valence-electron chi connectivity index (χ4n) is 4.03. The Kier molecular flexibility index (Phi) is 9.84. The molecule has 178 valence electrons. The van der Waals surface area contributed by atoms with Crippen molar-refractivity contribution in [3.8, 4) is 0 Å². The summed E-state index contributed by atoms with van der Waals surface area (Å²) in [4.78, 5) is 4.68. The molecule has 0 saturated heterocycles. The largest absolute Gasteiger partial charge is 0.264 e. The van der Waals surface area contributed by atoms with E-state index in [4.69, 9.17) is 23.2 Å². The first kappa shape index (κ1) is 25.8. The van der Waals surface area contributed by atoms with Crippen LogP contribution in [0.3, 0.4) is 0 Å². The predicted molar refractivity (Wildman–Crippen MR) is 140 cm³/mol. The van der Waals surface area contributed by atoms with Gasteiger partial charge in [0.25, 0.3) is 10.0 Å². The topological polar surface area (TPSA) is 50.3 Å². The molecule has 0 atom stereocenters. The van der Waals surface area contributed by atoms with E-state index in [1.54, 1.807) is 48.7 Å². The lowest BCUT2D eigenvalue weighted by Gasteiger charge is -2.26. The summed E-state index contributed by atoms with van der Waals surface area (Å²) in [6.07, 6.45) is 12.0. The summed E-state index contributed by atoms with van der Waals surface area (Å²) in [6, 6.07) is 13.7. The van der Waals surface area contributed by atoms with Gasteiger partial charge in [-0.05, 0) is 36.8 Å². The second kappa shape index (κ2) is 12.6. The Bertz CT molecular complexity index is 1140. The zero-order valence-corrected chi connectivity index (χ0v) is 21.5. The van der Waals surface area contributed by atoms with Crippen molar-refractivity contribution in [2.24, 2.45) is 0 Å². The molecule has 33 heavy (non-hydrogen) atoms. The third kappa shape index (κ3) is 6.62. The summed E-state index contributed by atoms with van der Waals surface area (Å²) >= 11 is 13.0. The number of sulfonamides is 1. The maximum Gasteiger partial charge on any atom is 0.264 e. The van der Waals surface area contributed by atoms with Gasteiger partial charge in [-0.25, -0.2) is 8.42 Å². The summed E-state index contributed by atoms with van der Waals surface area (Å²) in [7, 11) is -3.82. The molecule has 0 aliphatic carbocycles. The van der Waals surface area contributed by atoms with Crippen LogP contribution in [0.15, 0.2) is 59.6 Å². The number of fused-ring (bicyclic) bond motifs is 1. The zero-order chi connectivity index (χ0) is 23.7. The first-order valence-corrected chi connectivity index (χ1v) is 14.0. The number of halogens is 2. The number of aromatic nitrogens is 1. The van der Waals surface area contributed by atoms with Crippen LogP contribution in [0.4, 0.5) is 5.69 Å². The molecule has 0 unspecified atom stereocenters. The van der Waals surface area contributed by atoms with Gasteiger partial charge in [0, 0.05) is 18.1 Å². The summed E-state index contributed by atoms with van der Waals surface area (Å²) in [5.41, 5.74) is 0.880. The number of nitrogens with zero attached hydrogens (tertiary/aromatic N) is 2. The molecule has 0 fully saturated rings. The van der Waals surface area contributed by atoms with E-state index in [1.807, 2.05) is 6.07 Å². The number of benzene rings is 2. The molecule has 2 aromatic carbocycles. The maximum absolute atomic E-state index is 13.7. The molecule has 4 nitrogen and oxygen atoms in total. The lowest BCUT2D eigenvalue weighted by Crippen LogP contribution is -2.32. The predicted octanol–water partition coefficient (Wildman–Crippen LogP) is 8.27. The Labute approximate surface area is 208 Å². The maximum atomic E-state index is 13.7. The highest BCUT2D eigenvalue weighted by atomic mass is 35.5. The van der Waals surface area contributed by atoms with E-state index in [9.17, 15) is 8.42 Å². The van der Waals surface area contributed by atoms with Gasteiger partial charge in [0.15, 0.2) is 0 Å². The SMILES string of the molecule is CCCCCCCCCCCN(c1c(Cl)cc(Cl)c2cccnc12)S(=O)(=O)c1ccccc1. The van der Waals surface area contributed by atoms with Crippen LogP contribution in [0, 0.1) is 0 Å². The quantitative estimate of drug-likeness (QED) is 0.219. The molecule has 3 aromatic rings. The van der Waals surface area contributed by atoms with Gasteiger partial charge in [0.05, 0.1) is 26.1 Å². The van der Waals surface area contributed by atoms with Crippen molar-refractivity contribution in [3.05, 3.63) is 64.8 Å². The molecule has 7 heteroatoms. The standard InChI is InChI=1S/C26H32Cl2N2O2S/c1-2-3-4-5-6-7-8-9-13-19-30(33(31,32)21-15-11-10-12-16-21)26-24(28)20-23(27)22-17-14-18-29-25(22)26/h10-12,14-18,20H,2-9,13,19H2,1H3. The van der Waals surface area contributed by atoms with E-state index in [1.165, 1.54) is 42.8 Å². The molecule has 0 N–H and O–H groups in total. The average molecular weight is 508 g/mol. The Morgan fingerprint density at radius 3 is 2.12 bits per heavy atom. The molecule has 1 heterocycles. The Hall–Kier alpha value is -1.82. The third-order valence-electron chi connectivity index (χ3n) is 5.81. The fraction of sp³-hybridized carbons (Fsp3) is 0.423. The summed E-state index contributed by atoms with van der Waals surface area (Å²) < 4.78 is 28.8. The van der Waals surface area contributed by atoms with Crippen LogP contribution < -0.4 is 4.31 Å². The molecular formula is C26H32Cl2N2O2S. The molecule has 0 aliphatic heterocycles. The van der Waals surface area contributed by atoms with E-state index >= 15 is 0 Å². The van der Waals surface area contributed by atoms with Crippen LogP contribution in [0.25, 0.3) is 10.9 Å². The highest BCUT2D eigenvalue weighted by Crippen LogP contribution is 2.40. The Balaban J connectivity index is 1.84. The third-order valence-corrected chi connectivity index (χ3v) is 8.23. The van der Waals surface area contributed by atoms with E-state index in [0.29, 0.717) is 28.2 Å². The number of hydrogen-bond acceptors (Lipinski definition) is 3. The van der Waals surface area contributed by atoms with Gasteiger partial charge in [-0.15, -0.1) is 0 Å². The fourth-order valence-corrected chi connectivity index (χ4v) is 6.25. The lowest BCUT2D eigenvalue weighted by atomic mass is 10.1. The highest BCUT2D eigenvalue weighted by Gasteiger charge is 2.29. The molecule has 0 bridgehead atoms. The van der Waals surface area contributed by atoms with Gasteiger partial charge in [0.1, 0.15) is 0 Å². The number of rotatable bonds is 13. The van der Waals surface area contributed by atoms with E-state index in [0.717, 1.165) is 19.3 Å². The van der Waals surface area contributed by atoms with E-state index < -0.39 is 10.0 Å². The minimum Gasteiger partial charge on any atom is -0.263 e. The second-order valence-corrected chi connectivity index (χ2v) is 11.0. The van der Waals surface area contributed by atoms with Crippen molar-refractivity contribution in [1.29, 1.82) is 0 Å². The number of hydrogen-bond donors (Lipinski definition) is 0. The van der Waals surface area contributed by atoms with Crippen molar-refractivity contribution < 1.29 is 8.42 Å². The van der Waals surface area contributed by atoms with Crippen LogP contribution in [0.5, 0.6) is 0 Å². The molecule has 1 aromatic heterocycles. The van der Waals surface area contributed by atoms with E-state index in [2.05, 4.69) is 11.9 Å². The van der Waals surface area contributed by atoms with Crippen LogP contribution >= 0.6 is 23.2 Å². The molecule has 0 radical (unpaired) electrons. The minimum atomic E-state index is -3.82. The summed E-state index contributed by atoms with van der Waals surface area (Å²) in [6.45, 7) is 2.56. The van der Waals surface area contributed by atoms with Gasteiger partial charge in [-0.3, -0.25) is 9.29 Å². The molecule has 0 amide bonds. The van der Waals surface area contributed by atoms with Crippen molar-refractivity contribution in [2.75, 3.05) is 10.8 Å². The molecule has 3 rings (SSSR count). The first-order chi connectivity index (χ1) is 16.0. The number of anilines is 1. The minimum absolute atomic E-state index is 0.232. The smallest absolute Gasteiger partial charge is 0.263 e. The highest BCUT2D eigenvalue weighted by molar-refractivity contribution is 7.92. The monoisotopic (exact) mass is 506 g/mol. The lowest BCUT2D eigenvalue weighted by molar-refractivity contribution is 0.562. The van der Waals surface area contributed by atoms with Crippen molar-refractivity contribution in [1.82, 2.24) is 4.98 Å². The van der Waals surface area contributed by atoms with E-state index in [-0.39, 0.29) is 9.92 Å². The second-order valence-electron chi connectivity index (χ2n) is 8.31. The van der Waals surface area contributed by atoms with Gasteiger partial charge in [-0.1, -0.05) is 99.7 Å². The molecule has 0 saturated carbocycles. The van der Waals surface area contributed by atoms with Crippen LogP contribution in [0.2, 0.25) is 10.0 Å². The van der Waals surface area contributed by atoms with Gasteiger partial charge < -0.3 is 0 Å². The van der Waals surface area contributed by atoms with Crippen LogP contribution in [-0.2, 0) is 10.0 Å². The van der Waals surface area contributed by atoms with Crippen LogP contribution in [-0.4, -0.2) is 19.9 Å². The zero-order valence-electron chi connectivity index (χ0n) is 19.1. The van der Waals surface area contributed by atoms with Gasteiger partial charge in [-0.2, -0.15) is 0 Å².